The molecule has 2 rings (SSSR count). The van der Waals surface area contributed by atoms with Crippen LogP contribution in [0.25, 0.3) is 0 Å². The highest BCUT2D eigenvalue weighted by atomic mass is 16.6. The fraction of sp³-hybridized carbons (Fsp3) is 0.588. The van der Waals surface area contributed by atoms with Crippen LogP contribution in [-0.2, 0) is 14.9 Å². The Balaban J connectivity index is 2.18. The number of amides is 1. The number of likely N-dealkylation sites (tertiary alicyclic amines) is 1. The summed E-state index contributed by atoms with van der Waals surface area (Å²) >= 11 is 0. The quantitative estimate of drug-likeness (QED) is 0.906. The fourth-order valence-corrected chi connectivity index (χ4v) is 2.94. The summed E-state index contributed by atoms with van der Waals surface area (Å²) in [6, 6.07) is 3.66. The van der Waals surface area contributed by atoms with Gasteiger partial charge in [-0.25, -0.2) is 4.79 Å². The average Bonchev–Trinajstić information content (AvgIpc) is 2.46. The first-order valence-electron chi connectivity index (χ1n) is 7.79. The molecule has 1 amide bonds. The molecule has 126 valence electrons. The number of hydrogen-bond acceptors (Lipinski definition) is 4. The minimum absolute atomic E-state index is 0.333. The summed E-state index contributed by atoms with van der Waals surface area (Å²) in [5.41, 5.74) is -0.142. The Kier molecular flexibility index (Phi) is 4.63. The number of carboxylic acids is 1. The summed E-state index contributed by atoms with van der Waals surface area (Å²) in [5.74, 6) is -0.886. The molecule has 23 heavy (non-hydrogen) atoms. The topological polar surface area (TPSA) is 79.7 Å². The van der Waals surface area contributed by atoms with Gasteiger partial charge in [-0.05, 0) is 52.2 Å². The van der Waals surface area contributed by atoms with Gasteiger partial charge in [0.2, 0.25) is 0 Å². The third-order valence-corrected chi connectivity index (χ3v) is 4.14. The molecule has 1 aromatic rings. The fourth-order valence-electron chi connectivity index (χ4n) is 2.94. The van der Waals surface area contributed by atoms with Crippen molar-refractivity contribution in [1.82, 2.24) is 9.88 Å². The molecule has 0 bridgehead atoms. The van der Waals surface area contributed by atoms with Gasteiger partial charge in [0.15, 0.2) is 0 Å². The van der Waals surface area contributed by atoms with E-state index < -0.39 is 23.1 Å². The van der Waals surface area contributed by atoms with E-state index in [0.717, 1.165) is 5.56 Å². The molecule has 0 spiro atoms. The zero-order valence-electron chi connectivity index (χ0n) is 14.1. The van der Waals surface area contributed by atoms with Gasteiger partial charge in [-0.3, -0.25) is 9.78 Å². The van der Waals surface area contributed by atoms with E-state index in [9.17, 15) is 14.7 Å². The van der Waals surface area contributed by atoms with Gasteiger partial charge in [0.25, 0.3) is 0 Å². The number of piperidine rings is 1. The maximum atomic E-state index is 12.1. The van der Waals surface area contributed by atoms with Crippen LogP contribution < -0.4 is 0 Å². The standard InChI is InChI=1S/C17H24N2O4/c1-12-6-5-9-18-13(12)17(14(20)21)7-10-19(11-8-17)15(22)23-16(2,3)4/h5-6,9H,7-8,10-11H2,1-4H3,(H,20,21). The van der Waals surface area contributed by atoms with Crippen LogP contribution in [0.15, 0.2) is 18.3 Å². The lowest BCUT2D eigenvalue weighted by Gasteiger charge is -2.39. The van der Waals surface area contributed by atoms with Gasteiger partial charge < -0.3 is 14.7 Å². The lowest BCUT2D eigenvalue weighted by molar-refractivity contribution is -0.146. The maximum absolute atomic E-state index is 12.1. The zero-order chi connectivity index (χ0) is 17.3. The summed E-state index contributed by atoms with van der Waals surface area (Å²) in [6.45, 7) is 8.00. The highest BCUT2D eigenvalue weighted by Gasteiger charge is 2.46. The molecule has 0 aromatic carbocycles. The third kappa shape index (κ3) is 3.63. The molecule has 1 saturated heterocycles. The summed E-state index contributed by atoms with van der Waals surface area (Å²) in [4.78, 5) is 30.0. The van der Waals surface area contributed by atoms with Crippen molar-refractivity contribution < 1.29 is 19.4 Å². The second-order valence-corrected chi connectivity index (χ2v) is 7.02. The number of nitrogens with zero attached hydrogens (tertiary/aromatic N) is 2. The molecule has 1 aliphatic rings. The molecule has 0 aliphatic carbocycles. The average molecular weight is 320 g/mol. The van der Waals surface area contributed by atoms with Crippen molar-refractivity contribution in [2.75, 3.05) is 13.1 Å². The molecule has 1 N–H and O–H groups in total. The number of aryl methyl sites for hydroxylation is 1. The molecule has 0 unspecified atom stereocenters. The van der Waals surface area contributed by atoms with E-state index in [1.54, 1.807) is 17.2 Å². The van der Waals surface area contributed by atoms with Gasteiger partial charge in [0, 0.05) is 19.3 Å². The predicted octanol–water partition coefficient (Wildman–Crippen LogP) is 2.74. The van der Waals surface area contributed by atoms with Crippen molar-refractivity contribution in [3.63, 3.8) is 0 Å². The molecule has 1 aliphatic heterocycles. The summed E-state index contributed by atoms with van der Waals surface area (Å²) < 4.78 is 5.36. The Bertz CT molecular complexity index is 599. The van der Waals surface area contributed by atoms with Crippen LogP contribution >= 0.6 is 0 Å². The normalized spacial score (nSPS) is 17.7. The Morgan fingerprint density at radius 3 is 2.39 bits per heavy atom. The number of carbonyl (C=O) groups excluding carboxylic acids is 1. The number of carboxylic acid groups (broad SMARTS) is 1. The van der Waals surface area contributed by atoms with Crippen LogP contribution in [0.1, 0.15) is 44.9 Å². The molecule has 1 aromatic heterocycles. The van der Waals surface area contributed by atoms with Gasteiger partial charge in [0.1, 0.15) is 11.0 Å². The first-order valence-corrected chi connectivity index (χ1v) is 7.79. The highest BCUT2D eigenvalue weighted by Crippen LogP contribution is 2.36. The monoisotopic (exact) mass is 320 g/mol. The van der Waals surface area contributed by atoms with E-state index in [1.807, 2.05) is 33.8 Å². The highest BCUT2D eigenvalue weighted by molar-refractivity contribution is 5.82. The van der Waals surface area contributed by atoms with E-state index >= 15 is 0 Å². The molecule has 1 fully saturated rings. The van der Waals surface area contributed by atoms with E-state index in [-0.39, 0.29) is 0 Å². The Labute approximate surface area is 136 Å². The Morgan fingerprint density at radius 1 is 1.30 bits per heavy atom. The maximum Gasteiger partial charge on any atom is 0.410 e. The van der Waals surface area contributed by atoms with Gasteiger partial charge >= 0.3 is 12.1 Å². The van der Waals surface area contributed by atoms with Crippen molar-refractivity contribution in [2.24, 2.45) is 0 Å². The van der Waals surface area contributed by atoms with E-state index in [0.29, 0.717) is 31.6 Å². The second-order valence-electron chi connectivity index (χ2n) is 7.02. The lowest BCUT2D eigenvalue weighted by atomic mass is 9.74. The predicted molar refractivity (Wildman–Crippen MR) is 85.3 cm³/mol. The minimum atomic E-state index is -1.04. The third-order valence-electron chi connectivity index (χ3n) is 4.14. The number of aliphatic carboxylic acids is 1. The molecule has 6 nitrogen and oxygen atoms in total. The second kappa shape index (κ2) is 6.18. The molecular weight excluding hydrogens is 296 g/mol. The number of hydrogen-bond donors (Lipinski definition) is 1. The van der Waals surface area contributed by atoms with Crippen LogP contribution in [0.3, 0.4) is 0 Å². The van der Waals surface area contributed by atoms with Crippen molar-refractivity contribution in [1.29, 1.82) is 0 Å². The Morgan fingerprint density at radius 2 is 1.91 bits per heavy atom. The molecule has 6 heteroatoms. The van der Waals surface area contributed by atoms with Crippen LogP contribution in [-0.4, -0.2) is 45.7 Å². The molecule has 0 saturated carbocycles. The van der Waals surface area contributed by atoms with Crippen LogP contribution in [0.2, 0.25) is 0 Å². The van der Waals surface area contributed by atoms with Crippen molar-refractivity contribution >= 4 is 12.1 Å². The molecular formula is C17H24N2O4. The molecule has 0 radical (unpaired) electrons. The molecule has 0 atom stereocenters. The molecule has 2 heterocycles. The van der Waals surface area contributed by atoms with Crippen LogP contribution in [0.5, 0.6) is 0 Å². The van der Waals surface area contributed by atoms with Crippen molar-refractivity contribution in [2.45, 2.75) is 51.6 Å². The van der Waals surface area contributed by atoms with Crippen LogP contribution in [0.4, 0.5) is 4.79 Å². The number of aromatic nitrogens is 1. The zero-order valence-corrected chi connectivity index (χ0v) is 14.1. The summed E-state index contributed by atoms with van der Waals surface area (Å²) in [7, 11) is 0. The van der Waals surface area contributed by atoms with Gasteiger partial charge in [-0.2, -0.15) is 0 Å². The largest absolute Gasteiger partial charge is 0.481 e. The minimum Gasteiger partial charge on any atom is -0.481 e. The van der Waals surface area contributed by atoms with Crippen LogP contribution in [0, 0.1) is 6.92 Å². The van der Waals surface area contributed by atoms with Gasteiger partial charge in [-0.15, -0.1) is 0 Å². The van der Waals surface area contributed by atoms with E-state index in [1.165, 1.54) is 0 Å². The lowest BCUT2D eigenvalue weighted by Crippen LogP contribution is -2.50. The summed E-state index contributed by atoms with van der Waals surface area (Å²) in [5, 5.41) is 9.80. The van der Waals surface area contributed by atoms with Gasteiger partial charge in [-0.1, -0.05) is 6.07 Å². The number of rotatable bonds is 2. The first-order chi connectivity index (χ1) is 10.7. The van der Waals surface area contributed by atoms with E-state index in [4.69, 9.17) is 4.74 Å². The SMILES string of the molecule is Cc1cccnc1C1(C(=O)O)CCN(C(=O)OC(C)(C)C)CC1. The van der Waals surface area contributed by atoms with Crippen molar-refractivity contribution in [3.8, 4) is 0 Å². The first kappa shape index (κ1) is 17.2. The number of ether oxygens (including phenoxy) is 1. The van der Waals surface area contributed by atoms with Gasteiger partial charge in [0.05, 0.1) is 5.69 Å². The smallest absolute Gasteiger partial charge is 0.410 e. The number of pyridine rings is 1. The van der Waals surface area contributed by atoms with E-state index in [2.05, 4.69) is 4.98 Å². The number of carbonyl (C=O) groups is 2. The Hall–Kier alpha value is -2.11. The summed E-state index contributed by atoms with van der Waals surface area (Å²) in [6.07, 6.45) is 1.89. The van der Waals surface area contributed by atoms with Crippen molar-refractivity contribution in [3.05, 3.63) is 29.6 Å².